The van der Waals surface area contributed by atoms with E-state index in [1.165, 1.54) is 0 Å². The van der Waals surface area contributed by atoms with Gasteiger partial charge in [-0.2, -0.15) is 0 Å². The molecule has 0 bridgehead atoms. The molecule has 0 radical (unpaired) electrons. The van der Waals surface area contributed by atoms with Gasteiger partial charge in [-0.3, -0.25) is 4.79 Å². The number of carbonyl (C=O) groups is 1. The summed E-state index contributed by atoms with van der Waals surface area (Å²) in [5.41, 5.74) is 1.03. The molecule has 1 aromatic carbocycles. The van der Waals surface area contributed by atoms with Crippen molar-refractivity contribution >= 4 is 15.8 Å². The third-order valence-corrected chi connectivity index (χ3v) is 4.75. The zero-order chi connectivity index (χ0) is 14.3. The van der Waals surface area contributed by atoms with Crippen molar-refractivity contribution in [1.82, 2.24) is 0 Å². The normalized spacial score (nSPS) is 11.4. The van der Waals surface area contributed by atoms with Crippen LogP contribution in [0.15, 0.2) is 29.2 Å². The monoisotopic (exact) mass is 284 g/mol. The highest BCUT2D eigenvalue weighted by Crippen LogP contribution is 2.14. The second kappa shape index (κ2) is 7.28. The number of aryl methyl sites for hydroxylation is 1. The standard InChI is InChI=1S/C14H20O4S/c1-12-7-9-13(10-8-12)19(17,18)11-5-3-2-4-6-14(15)16/h7-10H,2-6,11H2,1H3,(H,15,16). The Morgan fingerprint density at radius 1 is 1.05 bits per heavy atom. The first-order chi connectivity index (χ1) is 8.92. The van der Waals surface area contributed by atoms with Gasteiger partial charge in [0.1, 0.15) is 0 Å². The second-order valence-corrected chi connectivity index (χ2v) is 6.80. The molecule has 0 saturated carbocycles. The molecule has 1 aromatic rings. The molecule has 0 fully saturated rings. The van der Waals surface area contributed by atoms with E-state index in [1.54, 1.807) is 24.3 Å². The average molecular weight is 284 g/mol. The number of carboxylic acid groups (broad SMARTS) is 1. The molecule has 5 heteroatoms. The SMILES string of the molecule is Cc1ccc(S(=O)(=O)CCCCCCC(=O)O)cc1. The number of carboxylic acids is 1. The highest BCUT2D eigenvalue weighted by atomic mass is 32.2. The molecule has 0 heterocycles. The van der Waals surface area contributed by atoms with Gasteiger partial charge < -0.3 is 5.11 Å². The highest BCUT2D eigenvalue weighted by molar-refractivity contribution is 7.91. The van der Waals surface area contributed by atoms with Crippen molar-refractivity contribution in [1.29, 1.82) is 0 Å². The van der Waals surface area contributed by atoms with Crippen LogP contribution in [0.1, 0.15) is 37.7 Å². The quantitative estimate of drug-likeness (QED) is 0.745. The van der Waals surface area contributed by atoms with Gasteiger partial charge in [-0.15, -0.1) is 0 Å². The summed E-state index contributed by atoms with van der Waals surface area (Å²) in [4.78, 5) is 10.7. The van der Waals surface area contributed by atoms with Crippen LogP contribution in [0.4, 0.5) is 0 Å². The predicted molar refractivity (Wildman–Crippen MR) is 74.0 cm³/mol. The number of hydrogen-bond acceptors (Lipinski definition) is 3. The van der Waals surface area contributed by atoms with Gasteiger partial charge in [-0.1, -0.05) is 30.5 Å². The number of rotatable bonds is 8. The van der Waals surface area contributed by atoms with E-state index in [0.717, 1.165) is 18.4 Å². The van der Waals surface area contributed by atoms with Gasteiger partial charge in [0.05, 0.1) is 10.6 Å². The molecular weight excluding hydrogens is 264 g/mol. The number of hydrogen-bond donors (Lipinski definition) is 1. The van der Waals surface area contributed by atoms with Crippen LogP contribution in [0.3, 0.4) is 0 Å². The van der Waals surface area contributed by atoms with Gasteiger partial charge in [-0.05, 0) is 31.9 Å². The molecule has 0 aromatic heterocycles. The maximum absolute atomic E-state index is 12.0. The van der Waals surface area contributed by atoms with E-state index < -0.39 is 15.8 Å². The molecule has 0 saturated heterocycles. The maximum atomic E-state index is 12.0. The van der Waals surface area contributed by atoms with Crippen molar-refractivity contribution < 1.29 is 18.3 Å². The number of unbranched alkanes of at least 4 members (excludes halogenated alkanes) is 3. The predicted octanol–water partition coefficient (Wildman–Crippen LogP) is 2.80. The lowest BCUT2D eigenvalue weighted by Crippen LogP contribution is -2.06. The van der Waals surface area contributed by atoms with E-state index in [0.29, 0.717) is 17.7 Å². The van der Waals surface area contributed by atoms with Crippen molar-refractivity contribution in [3.8, 4) is 0 Å². The summed E-state index contributed by atoms with van der Waals surface area (Å²) >= 11 is 0. The van der Waals surface area contributed by atoms with Gasteiger partial charge in [-0.25, -0.2) is 8.42 Å². The summed E-state index contributed by atoms with van der Waals surface area (Å²) in [6.45, 7) is 1.92. The first kappa shape index (κ1) is 15.7. The van der Waals surface area contributed by atoms with Crippen molar-refractivity contribution in [3.05, 3.63) is 29.8 Å². The van der Waals surface area contributed by atoms with E-state index in [9.17, 15) is 13.2 Å². The van der Waals surface area contributed by atoms with Crippen molar-refractivity contribution in [2.24, 2.45) is 0 Å². The fourth-order valence-corrected chi connectivity index (χ4v) is 3.16. The van der Waals surface area contributed by atoms with Crippen molar-refractivity contribution in [3.63, 3.8) is 0 Å². The summed E-state index contributed by atoms with van der Waals surface area (Å²) < 4.78 is 24.0. The molecule has 4 nitrogen and oxygen atoms in total. The van der Waals surface area contributed by atoms with E-state index in [1.807, 2.05) is 6.92 Å². The molecule has 19 heavy (non-hydrogen) atoms. The summed E-state index contributed by atoms with van der Waals surface area (Å²) in [7, 11) is -3.20. The van der Waals surface area contributed by atoms with E-state index >= 15 is 0 Å². The zero-order valence-corrected chi connectivity index (χ0v) is 11.9. The smallest absolute Gasteiger partial charge is 0.303 e. The molecule has 1 rings (SSSR count). The second-order valence-electron chi connectivity index (χ2n) is 4.69. The Labute approximate surface area is 114 Å². The largest absolute Gasteiger partial charge is 0.481 e. The van der Waals surface area contributed by atoms with Crippen LogP contribution in [0, 0.1) is 6.92 Å². The van der Waals surface area contributed by atoms with Crippen LogP contribution in [-0.4, -0.2) is 25.2 Å². The summed E-state index contributed by atoms with van der Waals surface area (Å²) in [5.74, 6) is -0.671. The number of aliphatic carboxylic acids is 1. The van der Waals surface area contributed by atoms with Gasteiger partial charge in [0.2, 0.25) is 0 Å². The van der Waals surface area contributed by atoms with E-state index in [2.05, 4.69) is 0 Å². The Morgan fingerprint density at radius 2 is 1.63 bits per heavy atom. The van der Waals surface area contributed by atoms with Crippen LogP contribution in [0.5, 0.6) is 0 Å². The topological polar surface area (TPSA) is 71.4 Å². The van der Waals surface area contributed by atoms with Crippen LogP contribution in [-0.2, 0) is 14.6 Å². The Balaban J connectivity index is 2.35. The minimum atomic E-state index is -3.20. The lowest BCUT2D eigenvalue weighted by molar-refractivity contribution is -0.137. The maximum Gasteiger partial charge on any atom is 0.303 e. The summed E-state index contributed by atoms with van der Waals surface area (Å²) in [6.07, 6.45) is 2.86. The minimum absolute atomic E-state index is 0.128. The third kappa shape index (κ3) is 5.87. The molecule has 0 aliphatic carbocycles. The Bertz CT molecular complexity index is 503. The minimum Gasteiger partial charge on any atom is -0.481 e. The van der Waals surface area contributed by atoms with Gasteiger partial charge in [0.15, 0.2) is 9.84 Å². The molecule has 0 amide bonds. The third-order valence-electron chi connectivity index (χ3n) is 2.93. The summed E-state index contributed by atoms with van der Waals surface area (Å²) in [5, 5.41) is 8.47. The van der Waals surface area contributed by atoms with Gasteiger partial charge >= 0.3 is 5.97 Å². The van der Waals surface area contributed by atoms with Gasteiger partial charge in [0.25, 0.3) is 0 Å². The average Bonchev–Trinajstić information content (AvgIpc) is 2.34. The molecule has 1 N–H and O–H groups in total. The molecule has 0 spiro atoms. The fourth-order valence-electron chi connectivity index (χ4n) is 1.79. The number of benzene rings is 1. The fraction of sp³-hybridized carbons (Fsp3) is 0.500. The van der Waals surface area contributed by atoms with Crippen molar-refractivity contribution in [2.75, 3.05) is 5.75 Å². The zero-order valence-electron chi connectivity index (χ0n) is 11.1. The van der Waals surface area contributed by atoms with Crippen LogP contribution < -0.4 is 0 Å². The molecular formula is C14H20O4S. The number of sulfone groups is 1. The van der Waals surface area contributed by atoms with E-state index in [-0.39, 0.29) is 12.2 Å². The lowest BCUT2D eigenvalue weighted by atomic mass is 10.2. The molecule has 0 atom stereocenters. The Morgan fingerprint density at radius 3 is 2.21 bits per heavy atom. The van der Waals surface area contributed by atoms with E-state index in [4.69, 9.17) is 5.11 Å². The lowest BCUT2D eigenvalue weighted by Gasteiger charge is -2.04. The first-order valence-corrected chi connectivity index (χ1v) is 8.08. The van der Waals surface area contributed by atoms with Crippen LogP contribution >= 0.6 is 0 Å². The molecule has 0 aliphatic rings. The Kier molecular flexibility index (Phi) is 6.02. The first-order valence-electron chi connectivity index (χ1n) is 6.43. The van der Waals surface area contributed by atoms with Gasteiger partial charge in [0, 0.05) is 6.42 Å². The Hall–Kier alpha value is -1.36. The van der Waals surface area contributed by atoms with Crippen LogP contribution in [0.2, 0.25) is 0 Å². The molecule has 0 aliphatic heterocycles. The highest BCUT2D eigenvalue weighted by Gasteiger charge is 2.13. The summed E-state index contributed by atoms with van der Waals surface area (Å²) in [6, 6.07) is 6.85. The van der Waals surface area contributed by atoms with Crippen LogP contribution in [0.25, 0.3) is 0 Å². The molecule has 106 valence electrons. The molecule has 0 unspecified atom stereocenters. The van der Waals surface area contributed by atoms with Crippen molar-refractivity contribution in [2.45, 2.75) is 43.9 Å².